The maximum atomic E-state index is 6.17. The van der Waals surface area contributed by atoms with Crippen LogP contribution in [0.5, 0.6) is 0 Å². The average molecular weight is 381 g/mol. The van der Waals surface area contributed by atoms with Gasteiger partial charge in [0.2, 0.25) is 0 Å². The van der Waals surface area contributed by atoms with Gasteiger partial charge in [0, 0.05) is 8.55 Å². The quantitative estimate of drug-likeness (QED) is 0.444. The molecule has 12 heteroatoms. The molecule has 0 N–H and O–H groups in total. The Bertz CT molecular complexity index is 166. The second kappa shape index (κ2) is 4.13. The molecule has 0 aliphatic carbocycles. The number of rotatable bonds is 0. The van der Waals surface area contributed by atoms with Crippen molar-refractivity contribution in [2.24, 2.45) is 0 Å². The molecule has 0 aromatic carbocycles. The Hall–Kier alpha value is 3.04. The molecule has 0 unspecified atom stereocenters. The lowest BCUT2D eigenvalue weighted by Gasteiger charge is -2.39. The van der Waals surface area contributed by atoms with Gasteiger partial charge in [0.25, 0.3) is 17.2 Å². The van der Waals surface area contributed by atoms with Crippen LogP contribution < -0.4 is 0 Å². The van der Waals surface area contributed by atoms with Crippen LogP contribution in [0.3, 0.4) is 0 Å². The molecule has 0 bridgehead atoms. The van der Waals surface area contributed by atoms with E-state index in [-0.39, 0.29) is 0 Å². The fourth-order valence-electron chi connectivity index (χ4n) is 0.542. The van der Waals surface area contributed by atoms with Gasteiger partial charge in [-0.15, -0.1) is 22.2 Å². The van der Waals surface area contributed by atoms with Gasteiger partial charge in [0.15, 0.2) is 0 Å². The van der Waals surface area contributed by atoms with Crippen LogP contribution in [0.1, 0.15) is 0 Å². The second-order valence-electron chi connectivity index (χ2n) is 2.10. The van der Waals surface area contributed by atoms with Gasteiger partial charge < -0.3 is 0 Å². The third-order valence-electron chi connectivity index (χ3n) is 1.23. The maximum absolute atomic E-state index is 6.17. The summed E-state index contributed by atoms with van der Waals surface area (Å²) in [5.74, 6) is 0. The van der Waals surface area contributed by atoms with E-state index >= 15 is 0 Å². The molecule has 1 aliphatic rings. The van der Waals surface area contributed by atoms with E-state index in [0.717, 1.165) is 0 Å². The van der Waals surface area contributed by atoms with Crippen LogP contribution >= 0.6 is 66.5 Å². The lowest BCUT2D eigenvalue weighted by Crippen LogP contribution is -2.74. The van der Waals surface area contributed by atoms with Crippen LogP contribution in [0.4, 0.5) is 0 Å². The molecule has 0 nitrogen and oxygen atoms in total. The summed E-state index contributed by atoms with van der Waals surface area (Å²) in [6.07, 6.45) is 0. The summed E-state index contributed by atoms with van der Waals surface area (Å²) in [5.41, 5.74) is -7.72. The first-order valence-corrected chi connectivity index (χ1v) is 23.7. The van der Waals surface area contributed by atoms with Crippen molar-refractivity contribution in [2.75, 3.05) is 0 Å². The summed E-state index contributed by atoms with van der Waals surface area (Å²) in [7, 11) is 1.73. The summed E-state index contributed by atoms with van der Waals surface area (Å²) in [6, 6.07) is 0. The second-order valence-corrected chi connectivity index (χ2v) is 56.7. The minimum atomic E-state index is -2.73. The summed E-state index contributed by atoms with van der Waals surface area (Å²) in [4.78, 5) is 0. The molecule has 12 heavy (non-hydrogen) atoms. The maximum Gasteiger partial charge on any atom is 0.288 e. The Morgan fingerprint density at radius 1 is 0.667 bits per heavy atom. The molecule has 0 amide bonds. The molecular formula is Cl6Si6. The highest BCUT2D eigenvalue weighted by Gasteiger charge is 2.69. The van der Waals surface area contributed by atoms with Crippen molar-refractivity contribution >= 4 is 109 Å². The third-order valence-corrected chi connectivity index (χ3v) is 99.4. The Morgan fingerprint density at radius 2 is 1.00 bits per heavy atom. The van der Waals surface area contributed by atoms with Crippen molar-refractivity contribution in [2.45, 2.75) is 0 Å². The Kier molecular flexibility index (Phi) is 4.51. The smallest absolute Gasteiger partial charge is 0.152 e. The van der Waals surface area contributed by atoms with E-state index in [1.54, 1.807) is 0 Å². The summed E-state index contributed by atoms with van der Waals surface area (Å²) < 4.78 is 0. The zero-order valence-electron chi connectivity index (χ0n) is 5.27. The lowest BCUT2D eigenvalue weighted by molar-refractivity contribution is 3.25. The van der Waals surface area contributed by atoms with Crippen LogP contribution in [0, 0.1) is 0 Å². The minimum Gasteiger partial charge on any atom is -0.152 e. The molecule has 0 aromatic rings. The molecule has 0 saturated carbocycles. The summed E-state index contributed by atoms with van der Waals surface area (Å²) in [5, 5.41) is 0. The third kappa shape index (κ3) is 2.24. The van der Waals surface area contributed by atoms with Crippen LogP contribution in [-0.4, -0.2) is 42.8 Å². The zero-order valence-corrected chi connectivity index (χ0v) is 15.8. The molecule has 1 rings (SSSR count). The first-order valence-electron chi connectivity index (χ1n) is 2.63. The van der Waals surface area contributed by atoms with E-state index < -0.39 is 17.2 Å². The monoisotopic (exact) mass is 378 g/mol. The predicted octanol–water partition coefficient (Wildman–Crippen LogP) is 1.85. The van der Waals surface area contributed by atoms with Gasteiger partial charge >= 0.3 is 0 Å². The van der Waals surface area contributed by atoms with Gasteiger partial charge in [0.1, 0.15) is 0 Å². The Morgan fingerprint density at radius 3 is 1.25 bits per heavy atom. The van der Waals surface area contributed by atoms with E-state index in [1.807, 2.05) is 0 Å². The molecule has 1 heterocycles. The van der Waals surface area contributed by atoms with Crippen molar-refractivity contribution in [1.82, 2.24) is 0 Å². The molecule has 1 saturated heterocycles. The van der Waals surface area contributed by atoms with Gasteiger partial charge in [-0.25, -0.2) is 0 Å². The fourth-order valence-corrected chi connectivity index (χ4v) is 132. The first-order chi connectivity index (χ1) is 5.21. The minimum absolute atomic E-state index is 0.520. The molecule has 1 fully saturated rings. The molecular weight excluding hydrogens is 381 g/mol. The van der Waals surface area contributed by atoms with Crippen molar-refractivity contribution in [3.8, 4) is 0 Å². The highest BCUT2D eigenvalue weighted by Crippen LogP contribution is 2.44. The van der Waals surface area contributed by atoms with E-state index in [9.17, 15) is 0 Å². The number of hydrogen-bond donors (Lipinski definition) is 0. The van der Waals surface area contributed by atoms with E-state index in [1.165, 1.54) is 0 Å². The predicted molar refractivity (Wildman–Crippen MR) is 69.6 cm³/mol. The Labute approximate surface area is 108 Å². The van der Waals surface area contributed by atoms with E-state index in [4.69, 9.17) is 66.5 Å². The molecule has 0 aromatic heterocycles. The van der Waals surface area contributed by atoms with Crippen LogP contribution in [0.25, 0.3) is 0 Å². The van der Waals surface area contributed by atoms with Gasteiger partial charge in [-0.3, -0.25) is 0 Å². The first kappa shape index (κ1) is 13.1. The van der Waals surface area contributed by atoms with Gasteiger partial charge in [-0.1, -0.05) is 0 Å². The summed E-state index contributed by atoms with van der Waals surface area (Å²) in [6.45, 7) is 0. The van der Waals surface area contributed by atoms with Crippen molar-refractivity contribution in [3.63, 3.8) is 0 Å². The van der Waals surface area contributed by atoms with Gasteiger partial charge in [-0.2, -0.15) is 44.3 Å². The van der Waals surface area contributed by atoms with Gasteiger partial charge in [0.05, 0.1) is 17.1 Å². The zero-order chi connectivity index (χ0) is 9.62. The topological polar surface area (TPSA) is 0 Å². The van der Waals surface area contributed by atoms with E-state index in [0.29, 0.717) is 25.7 Å². The van der Waals surface area contributed by atoms with E-state index in [2.05, 4.69) is 0 Å². The standard InChI is InChI=1S/Cl6Si6/c1-10(2)8-7-9-11(3,4)12(10,5)6. The van der Waals surface area contributed by atoms with Crippen LogP contribution in [0.2, 0.25) is 0 Å². The molecule has 66 valence electrons. The molecule has 6 radical (unpaired) electrons. The SMILES string of the molecule is Cl[Si]1(Cl)[Si][Si][Si][Si](Cl)(Cl)[Si]1(Cl)Cl. The van der Waals surface area contributed by atoms with Gasteiger partial charge in [-0.05, 0) is 0 Å². The Balaban J connectivity index is 2.99. The molecule has 1 aliphatic heterocycles. The van der Waals surface area contributed by atoms with Crippen molar-refractivity contribution in [1.29, 1.82) is 0 Å². The van der Waals surface area contributed by atoms with Crippen LogP contribution in [-0.2, 0) is 0 Å². The van der Waals surface area contributed by atoms with Crippen molar-refractivity contribution < 1.29 is 0 Å². The normalized spacial score (nSPS) is 31.5. The fraction of sp³-hybridized carbons (Fsp3) is 0. The highest BCUT2D eigenvalue weighted by molar-refractivity contribution is 8.31. The molecule has 0 spiro atoms. The largest absolute Gasteiger partial charge is 0.288 e. The lowest BCUT2D eigenvalue weighted by atomic mass is 26.0. The summed E-state index contributed by atoms with van der Waals surface area (Å²) >= 11 is 36.9. The van der Waals surface area contributed by atoms with Crippen LogP contribution in [0.15, 0.2) is 0 Å². The number of hydrogen-bond acceptors (Lipinski definition) is 0. The highest BCUT2D eigenvalue weighted by atomic mass is 35.8. The van der Waals surface area contributed by atoms with Crippen molar-refractivity contribution in [3.05, 3.63) is 0 Å². The average Bonchev–Trinajstić information content (AvgIpc) is 1.83. The molecule has 0 atom stereocenters. The number of halogens is 6.